The molecule has 0 aliphatic carbocycles. The minimum atomic E-state index is -0.247. The zero-order chi connectivity index (χ0) is 21.4. The SMILES string of the molecule is COc1cc(N2CC[C@@H](N3CCCC3)C2)ccc1C(=O)Nc1cn2cc(C)nc2cn1. The maximum atomic E-state index is 12.9. The number of ether oxygens (including phenoxy) is 1. The van der Waals surface area contributed by atoms with E-state index in [1.54, 1.807) is 19.5 Å². The third-order valence-corrected chi connectivity index (χ3v) is 6.32. The predicted octanol–water partition coefficient (Wildman–Crippen LogP) is 2.97. The number of likely N-dealkylation sites (tertiary alicyclic amines) is 1. The first-order valence-electron chi connectivity index (χ1n) is 10.9. The quantitative estimate of drug-likeness (QED) is 0.684. The number of fused-ring (bicyclic) bond motifs is 1. The summed E-state index contributed by atoms with van der Waals surface area (Å²) in [6, 6.07) is 6.45. The number of methoxy groups -OCH3 is 1. The summed E-state index contributed by atoms with van der Waals surface area (Å²) in [6.07, 6.45) is 9.12. The van der Waals surface area contributed by atoms with Crippen molar-refractivity contribution in [2.75, 3.05) is 43.5 Å². The van der Waals surface area contributed by atoms with Crippen LogP contribution in [0.4, 0.5) is 11.5 Å². The van der Waals surface area contributed by atoms with Crippen LogP contribution in [0.15, 0.2) is 36.8 Å². The molecule has 2 fully saturated rings. The van der Waals surface area contributed by atoms with Gasteiger partial charge in [-0.3, -0.25) is 9.69 Å². The topological polar surface area (TPSA) is 75.0 Å². The third-order valence-electron chi connectivity index (χ3n) is 6.32. The molecule has 2 aromatic heterocycles. The molecule has 8 nitrogen and oxygen atoms in total. The Kier molecular flexibility index (Phi) is 5.23. The number of carbonyl (C=O) groups excluding carboxylic acids is 1. The molecule has 0 radical (unpaired) electrons. The Bertz CT molecular complexity index is 1100. The fourth-order valence-corrected chi connectivity index (χ4v) is 4.72. The molecule has 2 aliphatic rings. The highest BCUT2D eigenvalue weighted by Gasteiger charge is 2.29. The van der Waals surface area contributed by atoms with Crippen molar-refractivity contribution in [3.05, 3.63) is 48.0 Å². The largest absolute Gasteiger partial charge is 0.496 e. The molecule has 4 heterocycles. The zero-order valence-electron chi connectivity index (χ0n) is 18.0. The van der Waals surface area contributed by atoms with Crippen LogP contribution in [0.5, 0.6) is 5.75 Å². The first-order valence-corrected chi connectivity index (χ1v) is 10.9. The van der Waals surface area contributed by atoms with E-state index < -0.39 is 0 Å². The van der Waals surface area contributed by atoms with E-state index in [1.807, 2.05) is 35.7 Å². The van der Waals surface area contributed by atoms with Crippen LogP contribution in [0.25, 0.3) is 5.65 Å². The highest BCUT2D eigenvalue weighted by molar-refractivity contribution is 6.06. The van der Waals surface area contributed by atoms with Gasteiger partial charge in [-0.1, -0.05) is 0 Å². The Morgan fingerprint density at radius 1 is 1.19 bits per heavy atom. The molecular weight excluding hydrogens is 392 g/mol. The van der Waals surface area contributed by atoms with Crippen LogP contribution in [0, 0.1) is 6.92 Å². The molecule has 1 atom stereocenters. The first-order chi connectivity index (χ1) is 15.1. The molecule has 8 heteroatoms. The van der Waals surface area contributed by atoms with Crippen LogP contribution in [0.2, 0.25) is 0 Å². The van der Waals surface area contributed by atoms with Crippen LogP contribution in [-0.4, -0.2) is 64.5 Å². The molecule has 0 bridgehead atoms. The lowest BCUT2D eigenvalue weighted by molar-refractivity contribution is 0.102. The van der Waals surface area contributed by atoms with Crippen molar-refractivity contribution in [2.45, 2.75) is 32.2 Å². The lowest BCUT2D eigenvalue weighted by atomic mass is 10.1. The van der Waals surface area contributed by atoms with E-state index in [4.69, 9.17) is 4.74 Å². The first kappa shape index (κ1) is 19.8. The van der Waals surface area contributed by atoms with Crippen molar-refractivity contribution in [2.24, 2.45) is 0 Å². The summed E-state index contributed by atoms with van der Waals surface area (Å²) < 4.78 is 7.42. The average Bonchev–Trinajstić information content (AvgIpc) is 3.52. The Morgan fingerprint density at radius 2 is 2.03 bits per heavy atom. The molecule has 0 saturated carbocycles. The maximum absolute atomic E-state index is 12.9. The second-order valence-electron chi connectivity index (χ2n) is 8.39. The zero-order valence-corrected chi connectivity index (χ0v) is 18.0. The Labute approximate surface area is 181 Å². The third kappa shape index (κ3) is 3.95. The van der Waals surface area contributed by atoms with Crippen LogP contribution in [0.3, 0.4) is 0 Å². The normalized spacial score (nSPS) is 19.3. The van der Waals surface area contributed by atoms with Crippen LogP contribution in [-0.2, 0) is 0 Å². The van der Waals surface area contributed by atoms with E-state index in [1.165, 1.54) is 32.4 Å². The number of nitrogens with one attached hydrogen (secondary N) is 1. The fraction of sp³-hybridized carbons (Fsp3) is 0.435. The summed E-state index contributed by atoms with van der Waals surface area (Å²) in [5, 5.41) is 2.87. The van der Waals surface area contributed by atoms with Crippen LogP contribution < -0.4 is 15.0 Å². The average molecular weight is 421 g/mol. The minimum absolute atomic E-state index is 0.247. The van der Waals surface area contributed by atoms with Crippen molar-refractivity contribution in [3.8, 4) is 5.75 Å². The molecule has 0 unspecified atom stereocenters. The molecule has 1 N–H and O–H groups in total. The van der Waals surface area contributed by atoms with E-state index in [0.29, 0.717) is 23.2 Å². The second-order valence-corrected chi connectivity index (χ2v) is 8.39. The van der Waals surface area contributed by atoms with Gasteiger partial charge in [0.2, 0.25) is 0 Å². The van der Waals surface area contributed by atoms with Gasteiger partial charge >= 0.3 is 0 Å². The van der Waals surface area contributed by atoms with E-state index >= 15 is 0 Å². The summed E-state index contributed by atoms with van der Waals surface area (Å²) in [5.41, 5.74) is 3.24. The van der Waals surface area contributed by atoms with Gasteiger partial charge in [0, 0.05) is 37.1 Å². The van der Waals surface area contributed by atoms with Crippen molar-refractivity contribution >= 4 is 23.1 Å². The van der Waals surface area contributed by atoms with Gasteiger partial charge in [0.15, 0.2) is 5.65 Å². The molecule has 3 aromatic rings. The van der Waals surface area contributed by atoms with Crippen LogP contribution >= 0.6 is 0 Å². The highest BCUT2D eigenvalue weighted by Crippen LogP contribution is 2.30. The Morgan fingerprint density at radius 3 is 2.84 bits per heavy atom. The summed E-state index contributed by atoms with van der Waals surface area (Å²) in [5.74, 6) is 0.789. The summed E-state index contributed by atoms with van der Waals surface area (Å²) in [4.78, 5) is 26.6. The molecule has 31 heavy (non-hydrogen) atoms. The predicted molar refractivity (Wildman–Crippen MR) is 120 cm³/mol. The van der Waals surface area contributed by atoms with Gasteiger partial charge in [-0.15, -0.1) is 0 Å². The number of imidazole rings is 1. The second kappa shape index (κ2) is 8.19. The number of amides is 1. The summed E-state index contributed by atoms with van der Waals surface area (Å²) >= 11 is 0. The van der Waals surface area contributed by atoms with Gasteiger partial charge in [0.25, 0.3) is 5.91 Å². The number of hydrogen-bond acceptors (Lipinski definition) is 6. The van der Waals surface area contributed by atoms with E-state index in [9.17, 15) is 4.79 Å². The number of anilines is 2. The van der Waals surface area contributed by atoms with Crippen molar-refractivity contribution in [3.63, 3.8) is 0 Å². The van der Waals surface area contributed by atoms with Crippen molar-refractivity contribution < 1.29 is 9.53 Å². The molecule has 162 valence electrons. The van der Waals surface area contributed by atoms with Gasteiger partial charge in [-0.2, -0.15) is 0 Å². The van der Waals surface area contributed by atoms with Crippen LogP contribution in [0.1, 0.15) is 35.3 Å². The molecule has 2 saturated heterocycles. The van der Waals surface area contributed by atoms with Gasteiger partial charge in [-0.25, -0.2) is 9.97 Å². The molecule has 0 spiro atoms. The smallest absolute Gasteiger partial charge is 0.260 e. The molecule has 2 aliphatic heterocycles. The summed E-state index contributed by atoms with van der Waals surface area (Å²) in [7, 11) is 1.60. The molecule has 5 rings (SSSR count). The molecule has 1 amide bonds. The molecular formula is C23H28N6O2. The van der Waals surface area contributed by atoms with Gasteiger partial charge in [0.05, 0.1) is 30.8 Å². The van der Waals surface area contributed by atoms with Crippen molar-refractivity contribution in [1.82, 2.24) is 19.3 Å². The van der Waals surface area contributed by atoms with E-state index in [-0.39, 0.29) is 5.91 Å². The van der Waals surface area contributed by atoms with E-state index in [2.05, 4.69) is 25.1 Å². The van der Waals surface area contributed by atoms with Gasteiger partial charge < -0.3 is 19.4 Å². The van der Waals surface area contributed by atoms with Gasteiger partial charge in [0.1, 0.15) is 11.6 Å². The Hall–Kier alpha value is -3.13. The fourth-order valence-electron chi connectivity index (χ4n) is 4.72. The highest BCUT2D eigenvalue weighted by atomic mass is 16.5. The van der Waals surface area contributed by atoms with Gasteiger partial charge in [-0.05, 0) is 51.4 Å². The van der Waals surface area contributed by atoms with E-state index in [0.717, 1.165) is 30.1 Å². The minimum Gasteiger partial charge on any atom is -0.496 e. The summed E-state index contributed by atoms with van der Waals surface area (Å²) in [6.45, 7) is 6.43. The lowest BCUT2D eigenvalue weighted by Gasteiger charge is -2.25. The number of aryl methyl sites for hydroxylation is 1. The number of carbonyl (C=O) groups is 1. The molecule has 1 aromatic carbocycles. The lowest BCUT2D eigenvalue weighted by Crippen LogP contribution is -2.35. The number of rotatable bonds is 5. The number of hydrogen-bond donors (Lipinski definition) is 1. The number of aromatic nitrogens is 3. The Balaban J connectivity index is 1.31. The number of benzene rings is 1. The van der Waals surface area contributed by atoms with Crippen molar-refractivity contribution in [1.29, 1.82) is 0 Å². The monoisotopic (exact) mass is 420 g/mol. The maximum Gasteiger partial charge on any atom is 0.260 e. The standard InChI is InChI=1S/C23H28N6O2/c1-16-13-29-15-21(24-12-22(29)25-16)26-23(30)19-6-5-17(11-20(19)31-2)28-10-7-18(14-28)27-8-3-4-9-27/h5-6,11-13,15,18H,3-4,7-10,14H2,1-2H3,(H,26,30)/t18-/m1/s1. The number of nitrogens with zero attached hydrogens (tertiary/aromatic N) is 5.